The standard InChI is InChI=1S/C25H30BNO7/c1-24(2)25(3,4)34-26(33-24)20(11-18-12-21(29)22(31-5)13-19(18)15-28)14-27-23(30)32-16-17-9-7-6-8-10-17/h6-13,15,29H,14,16H2,1-5H3,(H,27,30). The number of alkyl carbamates (subject to hydrolysis) is 1. The van der Waals surface area contributed by atoms with Gasteiger partial charge >= 0.3 is 13.2 Å². The maximum Gasteiger partial charge on any atom is 0.492 e. The summed E-state index contributed by atoms with van der Waals surface area (Å²) in [5, 5.41) is 12.9. The lowest BCUT2D eigenvalue weighted by atomic mass is 9.76. The van der Waals surface area contributed by atoms with Crippen LogP contribution in [-0.4, -0.2) is 49.5 Å². The molecule has 8 nitrogen and oxygen atoms in total. The van der Waals surface area contributed by atoms with Crippen molar-refractivity contribution in [1.29, 1.82) is 0 Å². The molecule has 0 saturated carbocycles. The van der Waals surface area contributed by atoms with Gasteiger partial charge in [-0.15, -0.1) is 0 Å². The molecule has 1 saturated heterocycles. The molecule has 1 amide bonds. The molecule has 2 aromatic rings. The summed E-state index contributed by atoms with van der Waals surface area (Å²) in [6, 6.07) is 12.2. The van der Waals surface area contributed by atoms with Gasteiger partial charge in [0.2, 0.25) is 0 Å². The molecular formula is C25H30BNO7. The van der Waals surface area contributed by atoms with Crippen molar-refractivity contribution in [3.8, 4) is 11.5 Å². The molecule has 2 N–H and O–H groups in total. The largest absolute Gasteiger partial charge is 0.504 e. The lowest BCUT2D eigenvalue weighted by Crippen LogP contribution is -2.41. The predicted octanol–water partition coefficient (Wildman–Crippen LogP) is 4.15. The molecule has 1 aliphatic heterocycles. The van der Waals surface area contributed by atoms with E-state index in [2.05, 4.69) is 5.32 Å². The third-order valence-electron chi connectivity index (χ3n) is 6.06. The van der Waals surface area contributed by atoms with Gasteiger partial charge in [0, 0.05) is 12.1 Å². The zero-order valence-electron chi connectivity index (χ0n) is 20.1. The second-order valence-corrected chi connectivity index (χ2v) is 8.99. The number of carbonyl (C=O) groups excluding carboxylic acids is 2. The van der Waals surface area contributed by atoms with E-state index >= 15 is 0 Å². The van der Waals surface area contributed by atoms with E-state index in [1.54, 1.807) is 6.08 Å². The molecule has 1 fully saturated rings. The highest BCUT2D eigenvalue weighted by Crippen LogP contribution is 2.39. The zero-order chi connectivity index (χ0) is 24.9. The Morgan fingerprint density at radius 3 is 2.32 bits per heavy atom. The molecule has 0 radical (unpaired) electrons. The summed E-state index contributed by atoms with van der Waals surface area (Å²) >= 11 is 0. The molecule has 1 aliphatic rings. The number of benzene rings is 2. The molecule has 1 heterocycles. The van der Waals surface area contributed by atoms with E-state index < -0.39 is 24.4 Å². The highest BCUT2D eigenvalue weighted by molar-refractivity contribution is 6.56. The van der Waals surface area contributed by atoms with Crippen LogP contribution in [-0.2, 0) is 20.7 Å². The van der Waals surface area contributed by atoms with E-state index in [0.29, 0.717) is 22.9 Å². The van der Waals surface area contributed by atoms with Gasteiger partial charge in [-0.2, -0.15) is 0 Å². The minimum Gasteiger partial charge on any atom is -0.504 e. The summed E-state index contributed by atoms with van der Waals surface area (Å²) in [5.41, 5.74) is 0.916. The molecule has 0 spiro atoms. The van der Waals surface area contributed by atoms with E-state index in [-0.39, 0.29) is 24.7 Å². The van der Waals surface area contributed by atoms with E-state index in [1.165, 1.54) is 19.2 Å². The van der Waals surface area contributed by atoms with Crippen LogP contribution in [0.3, 0.4) is 0 Å². The van der Waals surface area contributed by atoms with Crippen molar-refractivity contribution in [1.82, 2.24) is 5.32 Å². The molecule has 2 aromatic carbocycles. The lowest BCUT2D eigenvalue weighted by Gasteiger charge is -2.32. The molecule has 34 heavy (non-hydrogen) atoms. The SMILES string of the molecule is COc1cc(C=O)c(C=C(CNC(=O)OCc2ccccc2)B2OC(C)(C)C(C)(C)O2)cc1O. The maximum absolute atomic E-state index is 12.3. The van der Waals surface area contributed by atoms with Crippen molar-refractivity contribution in [3.63, 3.8) is 0 Å². The second kappa shape index (κ2) is 10.3. The normalized spacial score (nSPS) is 16.7. The number of carbonyl (C=O) groups is 2. The Kier molecular flexibility index (Phi) is 7.69. The first kappa shape index (κ1) is 25.3. The first-order valence-corrected chi connectivity index (χ1v) is 10.9. The summed E-state index contributed by atoms with van der Waals surface area (Å²) in [7, 11) is 0.614. The van der Waals surface area contributed by atoms with Gasteiger partial charge in [-0.3, -0.25) is 4.79 Å². The zero-order valence-corrected chi connectivity index (χ0v) is 20.1. The lowest BCUT2D eigenvalue weighted by molar-refractivity contribution is 0.00578. The van der Waals surface area contributed by atoms with Crippen LogP contribution < -0.4 is 10.1 Å². The summed E-state index contributed by atoms with van der Waals surface area (Å²) in [5.74, 6) is 0.0573. The van der Waals surface area contributed by atoms with Crippen LogP contribution in [0.4, 0.5) is 4.79 Å². The Morgan fingerprint density at radius 2 is 1.74 bits per heavy atom. The molecule has 0 aromatic heterocycles. The Labute approximate surface area is 200 Å². The Hall–Kier alpha value is -3.30. The van der Waals surface area contributed by atoms with Gasteiger partial charge in [-0.1, -0.05) is 36.4 Å². The first-order valence-electron chi connectivity index (χ1n) is 10.9. The van der Waals surface area contributed by atoms with Crippen LogP contribution >= 0.6 is 0 Å². The maximum atomic E-state index is 12.3. The molecule has 0 unspecified atom stereocenters. The Bertz CT molecular complexity index is 1050. The number of methoxy groups -OCH3 is 1. The van der Waals surface area contributed by atoms with Crippen molar-refractivity contribution in [3.05, 3.63) is 64.6 Å². The van der Waals surface area contributed by atoms with Gasteiger partial charge < -0.3 is 29.2 Å². The molecule has 0 aliphatic carbocycles. The summed E-state index contributed by atoms with van der Waals surface area (Å²) in [6.07, 6.45) is 1.71. The highest BCUT2D eigenvalue weighted by atomic mass is 16.7. The predicted molar refractivity (Wildman–Crippen MR) is 129 cm³/mol. The van der Waals surface area contributed by atoms with Gasteiger partial charge in [-0.25, -0.2) is 4.79 Å². The minimum atomic E-state index is -0.789. The molecule has 180 valence electrons. The van der Waals surface area contributed by atoms with Crippen LogP contribution in [0.25, 0.3) is 6.08 Å². The minimum absolute atomic E-state index is 0.0372. The topological polar surface area (TPSA) is 103 Å². The fourth-order valence-electron chi connectivity index (χ4n) is 3.34. The van der Waals surface area contributed by atoms with E-state index in [9.17, 15) is 14.7 Å². The van der Waals surface area contributed by atoms with E-state index in [4.69, 9.17) is 18.8 Å². The van der Waals surface area contributed by atoms with Gasteiger partial charge in [0.1, 0.15) is 6.61 Å². The van der Waals surface area contributed by atoms with Crippen LogP contribution in [0.15, 0.2) is 47.9 Å². The average Bonchev–Trinajstić information content (AvgIpc) is 3.02. The quantitative estimate of drug-likeness (QED) is 0.444. The van der Waals surface area contributed by atoms with Crippen molar-refractivity contribution in [2.45, 2.75) is 45.5 Å². The van der Waals surface area contributed by atoms with Gasteiger partial charge in [0.05, 0.1) is 18.3 Å². The fraction of sp³-hybridized carbons (Fsp3) is 0.360. The Balaban J connectivity index is 1.84. The molecule has 3 rings (SSSR count). The van der Waals surface area contributed by atoms with Crippen LogP contribution in [0, 0.1) is 0 Å². The number of aromatic hydroxyl groups is 1. The number of nitrogens with one attached hydrogen (secondary N) is 1. The number of hydrogen-bond acceptors (Lipinski definition) is 7. The number of amides is 1. The highest BCUT2D eigenvalue weighted by Gasteiger charge is 2.52. The number of aldehydes is 1. The third kappa shape index (κ3) is 5.79. The van der Waals surface area contributed by atoms with Gasteiger partial charge in [0.25, 0.3) is 0 Å². The average molecular weight is 467 g/mol. The van der Waals surface area contributed by atoms with Gasteiger partial charge in [-0.05, 0) is 56.4 Å². The summed E-state index contributed by atoms with van der Waals surface area (Å²) < 4.78 is 22.7. The monoisotopic (exact) mass is 467 g/mol. The van der Waals surface area contributed by atoms with Gasteiger partial charge in [0.15, 0.2) is 17.8 Å². The smallest absolute Gasteiger partial charge is 0.492 e. The molecule has 9 heteroatoms. The van der Waals surface area contributed by atoms with Crippen LogP contribution in [0.1, 0.15) is 49.2 Å². The number of ether oxygens (including phenoxy) is 2. The molecule has 0 bridgehead atoms. The van der Waals surface area contributed by atoms with Crippen molar-refractivity contribution in [2.75, 3.05) is 13.7 Å². The van der Waals surface area contributed by atoms with Crippen LogP contribution in [0.5, 0.6) is 11.5 Å². The molecule has 0 atom stereocenters. The number of rotatable bonds is 8. The summed E-state index contributed by atoms with van der Waals surface area (Å²) in [6.45, 7) is 7.84. The Morgan fingerprint density at radius 1 is 1.09 bits per heavy atom. The van der Waals surface area contributed by atoms with E-state index in [0.717, 1.165) is 5.56 Å². The van der Waals surface area contributed by atoms with Crippen molar-refractivity contribution < 1.29 is 33.5 Å². The number of phenolic OH excluding ortho intramolecular Hbond substituents is 1. The molecular weight excluding hydrogens is 437 g/mol. The van der Waals surface area contributed by atoms with Crippen LogP contribution in [0.2, 0.25) is 0 Å². The summed E-state index contributed by atoms with van der Waals surface area (Å²) in [4.78, 5) is 24.0. The van der Waals surface area contributed by atoms with Crippen molar-refractivity contribution in [2.24, 2.45) is 0 Å². The first-order chi connectivity index (χ1) is 16.1. The fourth-order valence-corrected chi connectivity index (χ4v) is 3.34. The third-order valence-corrected chi connectivity index (χ3v) is 6.06. The van der Waals surface area contributed by atoms with Crippen molar-refractivity contribution >= 4 is 25.6 Å². The number of hydrogen-bond donors (Lipinski definition) is 2. The second-order valence-electron chi connectivity index (χ2n) is 8.99. The van der Waals surface area contributed by atoms with E-state index in [1.807, 2.05) is 58.0 Å². The number of phenols is 1.